The van der Waals surface area contributed by atoms with Crippen molar-refractivity contribution in [3.8, 4) is 0 Å². The number of rotatable bonds is 8. The summed E-state index contributed by atoms with van der Waals surface area (Å²) >= 11 is 0. The van der Waals surface area contributed by atoms with Gasteiger partial charge < -0.3 is 14.3 Å². The average Bonchev–Trinajstić information content (AvgIpc) is 3.02. The molecule has 0 aliphatic heterocycles. The quantitative estimate of drug-likeness (QED) is 0.627. The highest BCUT2D eigenvalue weighted by Crippen LogP contribution is 2.33. The van der Waals surface area contributed by atoms with E-state index in [1.165, 1.54) is 17.0 Å². The molecular formula is C21H28F3N3O2. The summed E-state index contributed by atoms with van der Waals surface area (Å²) in [4.78, 5) is 16.9. The first kappa shape index (κ1) is 22.9. The summed E-state index contributed by atoms with van der Waals surface area (Å²) in [6, 6.07) is 4.90. The molecule has 2 aromatic rings. The van der Waals surface area contributed by atoms with E-state index in [4.69, 9.17) is 4.52 Å². The lowest BCUT2D eigenvalue weighted by Gasteiger charge is -2.29. The zero-order valence-corrected chi connectivity index (χ0v) is 17.5. The fourth-order valence-electron chi connectivity index (χ4n) is 3.46. The predicted octanol–water partition coefficient (Wildman–Crippen LogP) is 4.79. The third-order valence-electron chi connectivity index (χ3n) is 5.18. The third kappa shape index (κ3) is 5.38. The van der Waals surface area contributed by atoms with E-state index >= 15 is 0 Å². The van der Waals surface area contributed by atoms with E-state index in [0.717, 1.165) is 25.2 Å². The summed E-state index contributed by atoms with van der Waals surface area (Å²) in [5.41, 5.74) is 0.738. The van der Waals surface area contributed by atoms with Crippen LogP contribution in [0.1, 0.15) is 49.3 Å². The topological polar surface area (TPSA) is 49.6 Å². The van der Waals surface area contributed by atoms with Gasteiger partial charge in [0.15, 0.2) is 0 Å². The van der Waals surface area contributed by atoms with Crippen molar-refractivity contribution in [2.45, 2.75) is 46.7 Å². The number of alkyl halides is 3. The lowest BCUT2D eigenvalue weighted by atomic mass is 9.97. The maximum absolute atomic E-state index is 13.4. The van der Waals surface area contributed by atoms with Crippen molar-refractivity contribution in [3.63, 3.8) is 0 Å². The van der Waals surface area contributed by atoms with Crippen LogP contribution in [0.3, 0.4) is 0 Å². The molecule has 5 nitrogen and oxygen atoms in total. The molecule has 1 atom stereocenters. The van der Waals surface area contributed by atoms with Gasteiger partial charge in [0.05, 0.1) is 17.2 Å². The molecule has 1 amide bonds. The van der Waals surface area contributed by atoms with Crippen molar-refractivity contribution in [1.29, 1.82) is 0 Å². The van der Waals surface area contributed by atoms with Crippen molar-refractivity contribution < 1.29 is 22.5 Å². The third-order valence-corrected chi connectivity index (χ3v) is 5.18. The van der Waals surface area contributed by atoms with Crippen molar-refractivity contribution >= 4 is 11.6 Å². The SMILES string of the molecule is CCN(CC)CCN(C(=O)[C@H](C)c1c(C)noc1C)c1cccc(C(F)(F)F)c1. The highest BCUT2D eigenvalue weighted by atomic mass is 19.4. The number of hydrogen-bond acceptors (Lipinski definition) is 4. The maximum Gasteiger partial charge on any atom is 0.416 e. The molecule has 0 unspecified atom stereocenters. The number of amides is 1. The lowest BCUT2D eigenvalue weighted by molar-refractivity contribution is -0.137. The number of halogens is 3. The fourth-order valence-corrected chi connectivity index (χ4v) is 3.46. The molecule has 0 fully saturated rings. The van der Waals surface area contributed by atoms with Crippen molar-refractivity contribution in [3.05, 3.63) is 46.8 Å². The number of nitrogens with zero attached hydrogens (tertiary/aromatic N) is 3. The first-order valence-corrected chi connectivity index (χ1v) is 9.73. The first-order valence-electron chi connectivity index (χ1n) is 9.73. The van der Waals surface area contributed by atoms with E-state index in [2.05, 4.69) is 10.1 Å². The Morgan fingerprint density at radius 1 is 1.17 bits per heavy atom. The van der Waals surface area contributed by atoms with E-state index in [1.54, 1.807) is 20.8 Å². The minimum atomic E-state index is -4.48. The summed E-state index contributed by atoms with van der Waals surface area (Å²) < 4.78 is 44.8. The lowest BCUT2D eigenvalue weighted by Crippen LogP contribution is -2.41. The van der Waals surface area contributed by atoms with Gasteiger partial charge in [-0.25, -0.2) is 0 Å². The van der Waals surface area contributed by atoms with Gasteiger partial charge >= 0.3 is 6.18 Å². The zero-order valence-electron chi connectivity index (χ0n) is 17.5. The normalized spacial score (nSPS) is 13.0. The smallest absolute Gasteiger partial charge is 0.361 e. The second kappa shape index (κ2) is 9.43. The molecule has 0 spiro atoms. The van der Waals surface area contributed by atoms with E-state index in [0.29, 0.717) is 23.6 Å². The highest BCUT2D eigenvalue weighted by molar-refractivity contribution is 5.98. The van der Waals surface area contributed by atoms with E-state index in [-0.39, 0.29) is 18.1 Å². The Bertz CT molecular complexity index is 809. The summed E-state index contributed by atoms with van der Waals surface area (Å²) in [6.07, 6.45) is -4.48. The van der Waals surface area contributed by atoms with Crippen molar-refractivity contribution in [2.75, 3.05) is 31.1 Å². The second-order valence-corrected chi connectivity index (χ2v) is 7.02. The molecule has 0 saturated carbocycles. The number of anilines is 1. The number of carbonyl (C=O) groups excluding carboxylic acids is 1. The van der Waals surface area contributed by atoms with Crippen LogP contribution in [0.5, 0.6) is 0 Å². The molecule has 0 aliphatic carbocycles. The van der Waals surface area contributed by atoms with Crippen LogP contribution in [0, 0.1) is 13.8 Å². The van der Waals surface area contributed by atoms with Crippen molar-refractivity contribution in [2.24, 2.45) is 0 Å². The second-order valence-electron chi connectivity index (χ2n) is 7.02. The minimum absolute atomic E-state index is 0.232. The van der Waals surface area contributed by atoms with Gasteiger partial charge in [-0.2, -0.15) is 13.2 Å². The standard InChI is InChI=1S/C21H28F3N3O2/c1-6-26(7-2)11-12-27(18-10-8-9-17(13-18)21(22,23)24)20(28)14(3)19-15(4)25-29-16(19)5/h8-10,13-14H,6-7,11-12H2,1-5H3/t14-/m1/s1. The van der Waals surface area contributed by atoms with Crippen LogP contribution in [0.25, 0.3) is 0 Å². The fraction of sp³-hybridized carbons (Fsp3) is 0.524. The van der Waals surface area contributed by atoms with Gasteiger partial charge in [-0.3, -0.25) is 4.79 Å². The number of carbonyl (C=O) groups is 1. The van der Waals surface area contributed by atoms with Gasteiger partial charge in [-0.15, -0.1) is 0 Å². The van der Waals surface area contributed by atoms with Gasteiger partial charge in [0.1, 0.15) is 5.76 Å². The first-order chi connectivity index (χ1) is 13.6. The molecule has 8 heteroatoms. The Labute approximate surface area is 169 Å². The molecular weight excluding hydrogens is 383 g/mol. The largest absolute Gasteiger partial charge is 0.416 e. The molecule has 0 radical (unpaired) electrons. The van der Waals surface area contributed by atoms with Crippen molar-refractivity contribution in [1.82, 2.24) is 10.1 Å². The summed E-state index contributed by atoms with van der Waals surface area (Å²) in [5.74, 6) is -0.338. The maximum atomic E-state index is 13.4. The minimum Gasteiger partial charge on any atom is -0.361 e. The molecule has 0 aliphatic rings. The Hall–Kier alpha value is -2.35. The van der Waals surface area contributed by atoms with Gasteiger partial charge in [0.25, 0.3) is 0 Å². The molecule has 0 bridgehead atoms. The molecule has 160 valence electrons. The summed E-state index contributed by atoms with van der Waals surface area (Å²) in [5, 5.41) is 3.90. The number of benzene rings is 1. The number of aryl methyl sites for hydroxylation is 2. The number of hydrogen-bond donors (Lipinski definition) is 0. The monoisotopic (exact) mass is 411 g/mol. The van der Waals surface area contributed by atoms with Crippen LogP contribution in [-0.2, 0) is 11.0 Å². The molecule has 0 saturated heterocycles. The highest BCUT2D eigenvalue weighted by Gasteiger charge is 2.33. The van der Waals surface area contributed by atoms with Crippen LogP contribution in [0.4, 0.5) is 18.9 Å². The van der Waals surface area contributed by atoms with Crippen LogP contribution < -0.4 is 4.90 Å². The molecule has 1 aromatic heterocycles. The Balaban J connectivity index is 2.40. The van der Waals surface area contributed by atoms with Gasteiger partial charge in [-0.1, -0.05) is 25.1 Å². The van der Waals surface area contributed by atoms with Crippen LogP contribution in [0.15, 0.2) is 28.8 Å². The molecule has 0 N–H and O–H groups in total. The van der Waals surface area contributed by atoms with Gasteiger partial charge in [0, 0.05) is 24.3 Å². The molecule has 1 aromatic carbocycles. The predicted molar refractivity (Wildman–Crippen MR) is 106 cm³/mol. The average molecular weight is 411 g/mol. The van der Waals surface area contributed by atoms with Crippen LogP contribution in [-0.4, -0.2) is 42.1 Å². The van der Waals surface area contributed by atoms with E-state index in [9.17, 15) is 18.0 Å². The number of likely N-dealkylation sites (N-methyl/N-ethyl adjacent to an activating group) is 1. The van der Waals surface area contributed by atoms with Gasteiger partial charge in [0.2, 0.25) is 5.91 Å². The molecule has 2 rings (SSSR count). The van der Waals surface area contributed by atoms with E-state index < -0.39 is 17.7 Å². The summed E-state index contributed by atoms with van der Waals surface area (Å²) in [7, 11) is 0. The molecule has 1 heterocycles. The number of aromatic nitrogens is 1. The Kier molecular flexibility index (Phi) is 7.46. The molecule has 29 heavy (non-hydrogen) atoms. The van der Waals surface area contributed by atoms with Gasteiger partial charge in [-0.05, 0) is 52.1 Å². The Morgan fingerprint density at radius 3 is 2.34 bits per heavy atom. The Morgan fingerprint density at radius 2 is 1.83 bits per heavy atom. The van der Waals surface area contributed by atoms with E-state index in [1.807, 2.05) is 13.8 Å². The van der Waals surface area contributed by atoms with Crippen LogP contribution >= 0.6 is 0 Å². The van der Waals surface area contributed by atoms with Crippen LogP contribution in [0.2, 0.25) is 0 Å². The zero-order chi connectivity index (χ0) is 21.8. The summed E-state index contributed by atoms with van der Waals surface area (Å²) in [6.45, 7) is 11.6.